The molecule has 0 saturated carbocycles. The van der Waals surface area contributed by atoms with Gasteiger partial charge in [-0.15, -0.1) is 12.5 Å². The van der Waals surface area contributed by atoms with Gasteiger partial charge in [0.1, 0.15) is 0 Å². The van der Waals surface area contributed by atoms with E-state index in [1.54, 1.807) is 0 Å². The third kappa shape index (κ3) is 14.6. The Morgan fingerprint density at radius 1 is 1.33 bits per heavy atom. The predicted molar refractivity (Wildman–Crippen MR) is 88.2 cm³/mol. The monoisotopic (exact) mass is 350 g/mol. The van der Waals surface area contributed by atoms with Crippen LogP contribution in [-0.2, 0) is 26.2 Å². The van der Waals surface area contributed by atoms with Gasteiger partial charge in [-0.3, -0.25) is 6.08 Å². The fourth-order valence-electron chi connectivity index (χ4n) is 1.16. The van der Waals surface area contributed by atoms with E-state index in [0.717, 1.165) is 0 Å². The summed E-state index contributed by atoms with van der Waals surface area (Å²) in [6.45, 7) is 7.23. The minimum absolute atomic E-state index is 0. The first-order valence-corrected chi connectivity index (χ1v) is 4.73. The number of nitrogens with one attached hydrogen (secondary N) is 1. The summed E-state index contributed by atoms with van der Waals surface area (Å²) >= 11 is 0. The Labute approximate surface area is 147 Å². The molecule has 0 fully saturated rings. The molecule has 1 nitrogen and oxygen atoms in total. The van der Waals surface area contributed by atoms with Crippen molar-refractivity contribution in [2.24, 2.45) is 5.92 Å². The molecular formula is C15H33NSiZr. The number of allylic oxidation sites excluding steroid dienone is 4. The van der Waals surface area contributed by atoms with Gasteiger partial charge in [-0.25, -0.2) is 5.57 Å². The molecule has 0 bridgehead atoms. The summed E-state index contributed by atoms with van der Waals surface area (Å²) in [5.41, 5.74) is 5.63. The maximum absolute atomic E-state index is 6.89. The van der Waals surface area contributed by atoms with Crippen molar-refractivity contribution in [3.63, 3.8) is 0 Å². The third-order valence-corrected chi connectivity index (χ3v) is 2.24. The van der Waals surface area contributed by atoms with E-state index in [1.165, 1.54) is 23.6 Å². The minimum Gasteiger partial charge on any atom is -0.673 e. The van der Waals surface area contributed by atoms with Crippen LogP contribution in [-0.4, -0.2) is 16.5 Å². The maximum Gasteiger partial charge on any atom is 4.00 e. The van der Waals surface area contributed by atoms with Gasteiger partial charge in [0, 0.05) is 5.48 Å². The van der Waals surface area contributed by atoms with Crippen LogP contribution in [0.25, 0.3) is 5.73 Å². The van der Waals surface area contributed by atoms with Crippen molar-refractivity contribution in [1.29, 1.82) is 0 Å². The van der Waals surface area contributed by atoms with Crippen molar-refractivity contribution in [1.82, 2.24) is 0 Å². The average Bonchev–Trinajstić information content (AvgIpc) is 2.54. The summed E-state index contributed by atoms with van der Waals surface area (Å²) in [7, 11) is 0. The van der Waals surface area contributed by atoms with E-state index >= 15 is 0 Å². The minimum atomic E-state index is -2.34. The molecule has 0 aromatic heterocycles. The Kier molecular flexibility index (Phi) is 11.6. The first-order valence-electron chi connectivity index (χ1n) is 7.39. The molecular weight excluding hydrogens is 313 g/mol. The summed E-state index contributed by atoms with van der Waals surface area (Å²) in [6, 6.07) is 0. The first kappa shape index (κ1) is 16.6. The Morgan fingerprint density at radius 3 is 1.89 bits per heavy atom. The second kappa shape index (κ2) is 12.6. The molecule has 1 aliphatic carbocycles. The standard InChI is InChI=1S/C9H13.C4H10N.2CH3.H4Si.Zr/c1-6-5-7(2)9(4)8(6)3;1-4(2,3)5;;;;/h6H,1-4H3;5H,1-3H3;2*1H3;1H4;/q4*-1;;+4/i;1D,2D3;;;;/hD. The van der Waals surface area contributed by atoms with E-state index < -0.39 is 12.4 Å². The van der Waals surface area contributed by atoms with Crippen LogP contribution in [0.3, 0.4) is 0 Å². The van der Waals surface area contributed by atoms with Gasteiger partial charge in [-0.05, 0) is 11.0 Å². The van der Waals surface area contributed by atoms with E-state index in [0.29, 0.717) is 5.92 Å². The van der Waals surface area contributed by atoms with Crippen LogP contribution in [0.1, 0.15) is 53.9 Å². The topological polar surface area (TPSA) is 23.8 Å². The third-order valence-electron chi connectivity index (χ3n) is 2.24. The van der Waals surface area contributed by atoms with Crippen LogP contribution in [0.5, 0.6) is 0 Å². The van der Waals surface area contributed by atoms with Crippen LogP contribution >= 0.6 is 0 Å². The molecule has 1 N–H and O–H groups in total. The van der Waals surface area contributed by atoms with Crippen molar-refractivity contribution >= 4 is 11.0 Å². The zero-order valence-electron chi connectivity index (χ0n) is 17.2. The van der Waals surface area contributed by atoms with Crippen LogP contribution in [0.4, 0.5) is 0 Å². The largest absolute Gasteiger partial charge is 4.00 e. The molecule has 1 rings (SSSR count). The van der Waals surface area contributed by atoms with E-state index in [1.807, 2.05) is 0 Å². The average molecular weight is 352 g/mol. The van der Waals surface area contributed by atoms with Gasteiger partial charge in [0.05, 0.1) is 0 Å². The normalized spacial score (nSPS) is 24.2. The summed E-state index contributed by atoms with van der Waals surface area (Å²) in [6.07, 6.45) is 3.36. The van der Waals surface area contributed by atoms with Crippen LogP contribution < -0.4 is 0 Å². The zero-order chi connectivity index (χ0) is 15.4. The molecule has 106 valence electrons. The molecule has 0 aromatic carbocycles. The number of hydrogen-bond donors (Lipinski definition) is 0. The van der Waals surface area contributed by atoms with Crippen molar-refractivity contribution < 1.29 is 33.1 Å². The Bertz CT molecular complexity index is 377. The van der Waals surface area contributed by atoms with Gasteiger partial charge in [0.2, 0.25) is 0 Å². The molecule has 0 aliphatic heterocycles. The molecule has 3 heteroatoms. The molecule has 0 heterocycles. The fraction of sp³-hybridized carbons (Fsp3) is 0.600. The SMILES string of the molecule is CC1=[C-]C(C)C(C)=C1C.[2H]CC(C)([N-][2H])C([2H])([2H])[2H].[CH3-].[CH3-].[SiH4].[Zr+4]. The molecule has 0 saturated heterocycles. The van der Waals surface area contributed by atoms with Gasteiger partial charge in [0.15, 0.2) is 0 Å². The molecule has 0 spiro atoms. The molecule has 0 aromatic rings. The van der Waals surface area contributed by atoms with E-state index in [9.17, 15) is 0 Å². The van der Waals surface area contributed by atoms with Crippen LogP contribution in [0.2, 0.25) is 1.41 Å². The van der Waals surface area contributed by atoms with Gasteiger partial charge in [0.25, 0.3) is 0 Å². The first-order chi connectivity index (χ1) is 8.50. The van der Waals surface area contributed by atoms with Crippen LogP contribution in [0, 0.1) is 26.8 Å². The van der Waals surface area contributed by atoms with E-state index in [4.69, 9.17) is 6.89 Å². The molecule has 0 amide bonds. The van der Waals surface area contributed by atoms with Crippen molar-refractivity contribution in [2.75, 3.05) is 0 Å². The number of hydrogen-bond acceptors (Lipinski definition) is 0. The Morgan fingerprint density at radius 2 is 1.83 bits per heavy atom. The van der Waals surface area contributed by atoms with Gasteiger partial charge >= 0.3 is 26.2 Å². The van der Waals surface area contributed by atoms with E-state index in [-0.39, 0.29) is 58.9 Å². The van der Waals surface area contributed by atoms with Crippen molar-refractivity contribution in [3.05, 3.63) is 43.4 Å². The van der Waals surface area contributed by atoms with Gasteiger partial charge in [-0.1, -0.05) is 47.4 Å². The molecule has 0 radical (unpaired) electrons. The van der Waals surface area contributed by atoms with Gasteiger partial charge < -0.3 is 20.6 Å². The second-order valence-electron chi connectivity index (χ2n) is 4.07. The van der Waals surface area contributed by atoms with Crippen LogP contribution in [0.15, 0.2) is 16.7 Å². The Hall–Kier alpha value is 0.540. The maximum atomic E-state index is 6.89. The molecule has 1 aliphatic rings. The summed E-state index contributed by atoms with van der Waals surface area (Å²) in [5, 5.41) is 0. The van der Waals surface area contributed by atoms with Gasteiger partial charge in [-0.2, -0.15) is 12.6 Å². The fourth-order valence-corrected chi connectivity index (χ4v) is 1.16. The van der Waals surface area contributed by atoms with E-state index in [2.05, 4.69) is 39.5 Å². The molecule has 18 heavy (non-hydrogen) atoms. The molecule has 2 atom stereocenters. The Balaban J connectivity index is -0.0000000801. The summed E-state index contributed by atoms with van der Waals surface area (Å²) in [5.74, 6) is 0.560. The number of rotatable bonds is 0. The zero-order valence-corrected chi connectivity index (χ0v) is 14.7. The smallest absolute Gasteiger partial charge is 0.673 e. The quantitative estimate of drug-likeness (QED) is 0.465. The second-order valence-corrected chi connectivity index (χ2v) is 4.07. The summed E-state index contributed by atoms with van der Waals surface area (Å²) in [4.78, 5) is 0. The van der Waals surface area contributed by atoms with Crippen molar-refractivity contribution in [2.45, 2.75) is 53.9 Å². The molecule has 2 unspecified atom stereocenters. The predicted octanol–water partition coefficient (Wildman–Crippen LogP) is 4.01. The van der Waals surface area contributed by atoms with Crippen molar-refractivity contribution in [3.8, 4) is 0 Å². The summed E-state index contributed by atoms with van der Waals surface area (Å²) < 4.78 is 34.1.